The Morgan fingerprint density at radius 1 is 0.750 bits per heavy atom. The molecule has 0 bridgehead atoms. The lowest BCUT2D eigenvalue weighted by Crippen LogP contribution is -2.33. The lowest BCUT2D eigenvalue weighted by atomic mass is 10.2. The quantitative estimate of drug-likeness (QED) is 0.0872. The van der Waals surface area contributed by atoms with Crippen LogP contribution < -0.4 is 5.32 Å². The number of carbonyl (C=O) groups excluding carboxylic acids is 3. The van der Waals surface area contributed by atoms with Crippen LogP contribution in [-0.4, -0.2) is 149 Å². The van der Waals surface area contributed by atoms with Gasteiger partial charge in [0.2, 0.25) is 5.91 Å². The number of aldehydes is 1. The van der Waals surface area contributed by atoms with Gasteiger partial charge in [-0.1, -0.05) is 6.92 Å². The van der Waals surface area contributed by atoms with Crippen molar-refractivity contribution in [3.63, 3.8) is 0 Å². The van der Waals surface area contributed by atoms with Crippen molar-refractivity contribution in [2.45, 2.75) is 19.8 Å². The van der Waals surface area contributed by atoms with E-state index in [2.05, 4.69) is 5.32 Å². The van der Waals surface area contributed by atoms with E-state index in [1.165, 1.54) is 5.06 Å². The zero-order chi connectivity index (χ0) is 28.9. The van der Waals surface area contributed by atoms with Crippen LogP contribution in [0.4, 0.5) is 0 Å². The summed E-state index contributed by atoms with van der Waals surface area (Å²) in [7, 11) is 0. The maximum atomic E-state index is 11.8. The first-order chi connectivity index (χ1) is 19.6. The number of nitrogens with zero attached hydrogens (tertiary/aromatic N) is 1. The predicted octanol–water partition coefficient (Wildman–Crippen LogP) is -0.376. The average molecular weight is 581 g/mol. The van der Waals surface area contributed by atoms with Gasteiger partial charge in [-0.15, -0.1) is 0 Å². The molecule has 0 saturated carbocycles. The molecule has 1 unspecified atom stereocenters. The van der Waals surface area contributed by atoms with Gasteiger partial charge in [-0.3, -0.25) is 14.4 Å². The zero-order valence-electron chi connectivity index (χ0n) is 23.9. The molecule has 1 saturated heterocycles. The van der Waals surface area contributed by atoms with Gasteiger partial charge in [0.15, 0.2) is 0 Å². The summed E-state index contributed by atoms with van der Waals surface area (Å²) in [6.45, 7) is 10.2. The summed E-state index contributed by atoms with van der Waals surface area (Å²) < 4.78 is 43.0. The van der Waals surface area contributed by atoms with Crippen LogP contribution in [-0.2, 0) is 57.1 Å². The predicted molar refractivity (Wildman–Crippen MR) is 142 cm³/mol. The van der Waals surface area contributed by atoms with Gasteiger partial charge in [0.1, 0.15) is 6.29 Å². The molecule has 1 atom stereocenters. The number of ether oxygens (including phenoxy) is 8. The molecule has 0 aromatic heterocycles. The van der Waals surface area contributed by atoms with E-state index in [0.29, 0.717) is 125 Å². The molecule has 1 N–H and O–H groups in total. The second kappa shape index (κ2) is 27.4. The summed E-state index contributed by atoms with van der Waals surface area (Å²) in [5.74, 6) is -0.384. The molecule has 0 spiro atoms. The minimum Gasteiger partial charge on any atom is -0.379 e. The molecular weight excluding hydrogens is 532 g/mol. The van der Waals surface area contributed by atoms with Crippen LogP contribution >= 0.6 is 0 Å². The van der Waals surface area contributed by atoms with Gasteiger partial charge in [0.25, 0.3) is 5.91 Å². The molecule has 1 rings (SSSR count). The van der Waals surface area contributed by atoms with E-state index >= 15 is 0 Å². The first-order valence-corrected chi connectivity index (χ1v) is 13.9. The molecule has 1 aliphatic heterocycles. The highest BCUT2D eigenvalue weighted by Gasteiger charge is 2.29. The minimum absolute atomic E-state index is 0.0823. The number of amides is 2. The first kappa shape index (κ1) is 36.3. The number of nitrogens with one attached hydrogen (secondary N) is 1. The highest BCUT2D eigenvalue weighted by atomic mass is 16.7. The Morgan fingerprint density at radius 2 is 1.15 bits per heavy atom. The number of hydrogen-bond acceptors (Lipinski definition) is 12. The Balaban J connectivity index is 1.67. The van der Waals surface area contributed by atoms with E-state index in [-0.39, 0.29) is 30.7 Å². The Kier molecular flexibility index (Phi) is 24.9. The molecule has 0 radical (unpaired) electrons. The van der Waals surface area contributed by atoms with E-state index in [9.17, 15) is 14.4 Å². The summed E-state index contributed by atoms with van der Waals surface area (Å²) in [6, 6.07) is 0. The third kappa shape index (κ3) is 22.0. The van der Waals surface area contributed by atoms with Crippen LogP contribution in [0.1, 0.15) is 19.8 Å². The van der Waals surface area contributed by atoms with Gasteiger partial charge < -0.3 is 48.0 Å². The van der Waals surface area contributed by atoms with Gasteiger partial charge in [-0.25, -0.2) is 5.06 Å². The van der Waals surface area contributed by atoms with Gasteiger partial charge in [0.05, 0.1) is 125 Å². The molecule has 0 aromatic carbocycles. The Morgan fingerprint density at radius 3 is 1.52 bits per heavy atom. The summed E-state index contributed by atoms with van der Waals surface area (Å²) in [4.78, 5) is 38.9. The van der Waals surface area contributed by atoms with Crippen molar-refractivity contribution < 1.29 is 57.1 Å². The normalized spacial score (nSPS) is 15.2. The molecule has 0 aliphatic carbocycles. The van der Waals surface area contributed by atoms with Crippen LogP contribution in [0.15, 0.2) is 0 Å². The number of hydroxylamine groups is 2. The van der Waals surface area contributed by atoms with Gasteiger partial charge >= 0.3 is 0 Å². The number of rotatable bonds is 30. The van der Waals surface area contributed by atoms with E-state index in [1.54, 1.807) is 6.92 Å². The van der Waals surface area contributed by atoms with E-state index < -0.39 is 0 Å². The fraction of sp³-hybridized carbons (Fsp3) is 0.885. The topological polar surface area (TPSA) is 150 Å². The van der Waals surface area contributed by atoms with Crippen LogP contribution in [0.5, 0.6) is 0 Å². The maximum absolute atomic E-state index is 11.8. The average Bonchev–Trinajstić information content (AvgIpc) is 3.28. The number of hydrogen-bond donors (Lipinski definition) is 1. The molecular formula is C26H48N2O12. The third-order valence-electron chi connectivity index (χ3n) is 5.24. The fourth-order valence-electron chi connectivity index (χ4n) is 3.08. The van der Waals surface area contributed by atoms with Crippen LogP contribution in [0, 0.1) is 5.92 Å². The molecule has 1 heterocycles. The highest BCUT2D eigenvalue weighted by molar-refractivity contribution is 5.80. The largest absolute Gasteiger partial charge is 0.379 e. The standard InChI is InChI=1S/C26H48N2O12/c1-24-23-40-28(26(24)31)5-3-25(30)27-4-8-33-10-12-35-14-16-37-18-20-39-22-21-38-19-17-36-15-13-34-11-9-32-7-2-6-29/h6,24H,2-5,7-23H2,1H3,(H,27,30). The summed E-state index contributed by atoms with van der Waals surface area (Å²) in [5, 5.41) is 4.00. The van der Waals surface area contributed by atoms with Crippen molar-refractivity contribution >= 4 is 18.1 Å². The maximum Gasteiger partial charge on any atom is 0.251 e. The summed E-state index contributed by atoms with van der Waals surface area (Å²) in [5.41, 5.74) is 0. The summed E-state index contributed by atoms with van der Waals surface area (Å²) >= 11 is 0. The zero-order valence-corrected chi connectivity index (χ0v) is 23.9. The first-order valence-electron chi connectivity index (χ1n) is 13.9. The van der Waals surface area contributed by atoms with Crippen molar-refractivity contribution in [3.05, 3.63) is 0 Å². The monoisotopic (exact) mass is 580 g/mol. The van der Waals surface area contributed by atoms with Crippen molar-refractivity contribution in [2.24, 2.45) is 5.92 Å². The Bertz CT molecular complexity index is 628. The van der Waals surface area contributed by atoms with Crippen molar-refractivity contribution in [3.8, 4) is 0 Å². The lowest BCUT2D eigenvalue weighted by molar-refractivity contribution is -0.162. The highest BCUT2D eigenvalue weighted by Crippen LogP contribution is 2.13. The molecule has 1 aliphatic rings. The number of carbonyl (C=O) groups is 3. The van der Waals surface area contributed by atoms with Gasteiger partial charge in [-0.2, -0.15) is 0 Å². The van der Waals surface area contributed by atoms with Gasteiger partial charge in [0, 0.05) is 19.4 Å². The second-order valence-corrected chi connectivity index (χ2v) is 8.59. The molecule has 40 heavy (non-hydrogen) atoms. The molecule has 14 heteroatoms. The van der Waals surface area contributed by atoms with E-state index in [1.807, 2.05) is 0 Å². The van der Waals surface area contributed by atoms with Gasteiger partial charge in [-0.05, 0) is 0 Å². The lowest BCUT2D eigenvalue weighted by Gasteiger charge is -2.13. The smallest absolute Gasteiger partial charge is 0.251 e. The van der Waals surface area contributed by atoms with Crippen molar-refractivity contribution in [2.75, 3.05) is 125 Å². The second-order valence-electron chi connectivity index (χ2n) is 8.59. The Hall–Kier alpha value is -1.75. The van der Waals surface area contributed by atoms with E-state index in [4.69, 9.17) is 42.7 Å². The molecule has 1 fully saturated rings. The van der Waals surface area contributed by atoms with Crippen molar-refractivity contribution in [1.82, 2.24) is 10.4 Å². The fourth-order valence-corrected chi connectivity index (χ4v) is 3.08. The minimum atomic E-state index is -0.153. The SMILES string of the molecule is CC1CON(CCC(=O)NCCOCCOCCOCCOCCOCCOCCOCCOCCC=O)C1=O. The third-order valence-corrected chi connectivity index (χ3v) is 5.24. The molecule has 14 nitrogen and oxygen atoms in total. The van der Waals surface area contributed by atoms with E-state index in [0.717, 1.165) is 6.29 Å². The van der Waals surface area contributed by atoms with Crippen LogP contribution in [0.25, 0.3) is 0 Å². The van der Waals surface area contributed by atoms with Crippen LogP contribution in [0.2, 0.25) is 0 Å². The van der Waals surface area contributed by atoms with Crippen LogP contribution in [0.3, 0.4) is 0 Å². The molecule has 2 amide bonds. The molecule has 234 valence electrons. The summed E-state index contributed by atoms with van der Waals surface area (Å²) in [6.07, 6.45) is 1.43. The molecule has 0 aromatic rings. The Labute approximate surface area is 237 Å². The van der Waals surface area contributed by atoms with Crippen molar-refractivity contribution in [1.29, 1.82) is 0 Å².